The summed E-state index contributed by atoms with van der Waals surface area (Å²) in [5.74, 6) is -1.10. The van der Waals surface area contributed by atoms with Crippen LogP contribution in [-0.4, -0.2) is 40.8 Å². The number of benzene rings is 2. The Kier molecular flexibility index (Phi) is 6.65. The van der Waals surface area contributed by atoms with Crippen molar-refractivity contribution in [1.82, 2.24) is 4.90 Å². The van der Waals surface area contributed by atoms with Crippen LogP contribution in [0.4, 0.5) is 4.79 Å². The van der Waals surface area contributed by atoms with Crippen LogP contribution in [0.3, 0.4) is 0 Å². The standard InChI is InChI=1S/C24H29NO5/c1-24(2,3)30-23(28)25-13-12-20(21(15-25)22(26)27)18-10-7-11-19(14-18)29-16-17-8-5-4-6-9-17/h4-11,14,20-21H,12-13,15-16H2,1-3H3,(H,26,27)/t20-,21+/m1/s1. The van der Waals surface area contributed by atoms with Gasteiger partial charge in [0.25, 0.3) is 0 Å². The Labute approximate surface area is 177 Å². The van der Waals surface area contributed by atoms with Crippen LogP contribution in [0.15, 0.2) is 54.6 Å². The van der Waals surface area contributed by atoms with Crippen LogP contribution < -0.4 is 4.74 Å². The average molecular weight is 411 g/mol. The molecule has 2 aromatic rings. The maximum Gasteiger partial charge on any atom is 0.410 e. The number of likely N-dealkylation sites (tertiary alicyclic amines) is 1. The zero-order valence-electron chi connectivity index (χ0n) is 17.7. The Morgan fingerprint density at radius 3 is 2.50 bits per heavy atom. The first kappa shape index (κ1) is 21.7. The number of amides is 1. The summed E-state index contributed by atoms with van der Waals surface area (Å²) in [5.41, 5.74) is 1.37. The molecule has 1 N–H and O–H groups in total. The van der Waals surface area contributed by atoms with Gasteiger partial charge >= 0.3 is 12.1 Å². The third-order valence-electron chi connectivity index (χ3n) is 5.12. The summed E-state index contributed by atoms with van der Waals surface area (Å²) in [6.45, 7) is 6.43. The van der Waals surface area contributed by atoms with E-state index in [0.29, 0.717) is 25.3 Å². The van der Waals surface area contributed by atoms with Gasteiger partial charge in [-0.1, -0.05) is 42.5 Å². The lowest BCUT2D eigenvalue weighted by Crippen LogP contribution is -2.47. The number of carboxylic acid groups (broad SMARTS) is 1. The second-order valence-electron chi connectivity index (χ2n) is 8.61. The van der Waals surface area contributed by atoms with Gasteiger partial charge in [-0.15, -0.1) is 0 Å². The van der Waals surface area contributed by atoms with Gasteiger partial charge < -0.3 is 19.5 Å². The second-order valence-corrected chi connectivity index (χ2v) is 8.61. The van der Waals surface area contributed by atoms with Gasteiger partial charge in [0.2, 0.25) is 0 Å². The fourth-order valence-corrected chi connectivity index (χ4v) is 3.67. The summed E-state index contributed by atoms with van der Waals surface area (Å²) < 4.78 is 11.3. The molecule has 0 aromatic heterocycles. The van der Waals surface area contributed by atoms with Crippen LogP contribution in [0.1, 0.15) is 44.2 Å². The maximum absolute atomic E-state index is 12.4. The highest BCUT2D eigenvalue weighted by atomic mass is 16.6. The van der Waals surface area contributed by atoms with Gasteiger partial charge in [-0.2, -0.15) is 0 Å². The lowest BCUT2D eigenvalue weighted by Gasteiger charge is -2.37. The van der Waals surface area contributed by atoms with Gasteiger partial charge in [0.15, 0.2) is 0 Å². The number of carbonyl (C=O) groups is 2. The Morgan fingerprint density at radius 2 is 1.83 bits per heavy atom. The van der Waals surface area contributed by atoms with Crippen molar-refractivity contribution in [2.75, 3.05) is 13.1 Å². The van der Waals surface area contributed by atoms with Crippen LogP contribution >= 0.6 is 0 Å². The minimum absolute atomic E-state index is 0.129. The van der Waals surface area contributed by atoms with Crippen LogP contribution in [0.25, 0.3) is 0 Å². The molecule has 0 spiro atoms. The number of hydrogen-bond donors (Lipinski definition) is 1. The summed E-state index contributed by atoms with van der Waals surface area (Å²) in [5, 5.41) is 9.81. The van der Waals surface area contributed by atoms with E-state index in [4.69, 9.17) is 9.47 Å². The largest absolute Gasteiger partial charge is 0.489 e. The van der Waals surface area contributed by atoms with Crippen molar-refractivity contribution in [3.63, 3.8) is 0 Å². The monoisotopic (exact) mass is 411 g/mol. The number of piperidine rings is 1. The molecule has 0 aliphatic carbocycles. The van der Waals surface area contributed by atoms with E-state index in [2.05, 4.69) is 0 Å². The van der Waals surface area contributed by atoms with Crippen molar-refractivity contribution in [3.05, 3.63) is 65.7 Å². The quantitative estimate of drug-likeness (QED) is 0.772. The Balaban J connectivity index is 1.70. The number of carboxylic acids is 1. The Bertz CT molecular complexity index is 875. The SMILES string of the molecule is CC(C)(C)OC(=O)N1CC[C@H](c2cccc(OCc3ccccc3)c2)[C@@H](C(=O)O)C1. The van der Waals surface area contributed by atoms with Crippen molar-refractivity contribution < 1.29 is 24.2 Å². The zero-order valence-corrected chi connectivity index (χ0v) is 17.7. The normalized spacial score (nSPS) is 19.2. The number of ether oxygens (including phenoxy) is 2. The number of rotatable bonds is 5. The molecule has 0 radical (unpaired) electrons. The van der Waals surface area contributed by atoms with Crippen molar-refractivity contribution >= 4 is 12.1 Å². The summed E-state index contributed by atoms with van der Waals surface area (Å²) in [7, 11) is 0. The van der Waals surface area contributed by atoms with Crippen molar-refractivity contribution in [2.24, 2.45) is 5.92 Å². The molecule has 1 amide bonds. The molecule has 1 saturated heterocycles. The van der Waals surface area contributed by atoms with Gasteiger partial charge in [0, 0.05) is 19.0 Å². The molecule has 160 valence electrons. The molecule has 0 unspecified atom stereocenters. The molecule has 0 bridgehead atoms. The second kappa shape index (κ2) is 9.20. The number of aliphatic carboxylic acids is 1. The first-order chi connectivity index (χ1) is 14.2. The van der Waals surface area contributed by atoms with Crippen molar-refractivity contribution in [2.45, 2.75) is 45.3 Å². The van der Waals surface area contributed by atoms with Gasteiger partial charge in [-0.25, -0.2) is 4.79 Å². The number of hydrogen-bond acceptors (Lipinski definition) is 4. The lowest BCUT2D eigenvalue weighted by atomic mass is 9.80. The molecule has 1 fully saturated rings. The summed E-state index contributed by atoms with van der Waals surface area (Å²) >= 11 is 0. The van der Waals surface area contributed by atoms with Gasteiger partial charge in [0.05, 0.1) is 5.92 Å². The van der Waals surface area contributed by atoms with Crippen molar-refractivity contribution in [1.29, 1.82) is 0 Å². The first-order valence-corrected chi connectivity index (χ1v) is 10.2. The van der Waals surface area contributed by atoms with Crippen molar-refractivity contribution in [3.8, 4) is 5.75 Å². The highest BCUT2D eigenvalue weighted by molar-refractivity contribution is 5.74. The van der Waals surface area contributed by atoms with Crippen LogP contribution in [0.2, 0.25) is 0 Å². The van der Waals surface area contributed by atoms with Crippen LogP contribution in [0.5, 0.6) is 5.75 Å². The minimum atomic E-state index is -0.913. The van der Waals surface area contributed by atoms with E-state index < -0.39 is 23.6 Å². The smallest absolute Gasteiger partial charge is 0.410 e. The minimum Gasteiger partial charge on any atom is -0.489 e. The first-order valence-electron chi connectivity index (χ1n) is 10.2. The van der Waals surface area contributed by atoms with Crippen LogP contribution in [0, 0.1) is 5.92 Å². The third kappa shape index (κ3) is 5.75. The fourth-order valence-electron chi connectivity index (χ4n) is 3.67. The van der Waals surface area contributed by atoms with E-state index in [1.165, 1.54) is 4.90 Å². The molecule has 0 saturated carbocycles. The molecular weight excluding hydrogens is 382 g/mol. The van der Waals surface area contributed by atoms with E-state index in [1.54, 1.807) is 20.8 Å². The molecule has 2 aromatic carbocycles. The third-order valence-corrected chi connectivity index (χ3v) is 5.12. The van der Waals surface area contributed by atoms with Crippen LogP contribution in [-0.2, 0) is 16.1 Å². The predicted molar refractivity (Wildman–Crippen MR) is 114 cm³/mol. The Hall–Kier alpha value is -3.02. The van der Waals surface area contributed by atoms with E-state index in [1.807, 2.05) is 54.6 Å². The molecule has 1 aliphatic heterocycles. The highest BCUT2D eigenvalue weighted by Gasteiger charge is 2.38. The average Bonchev–Trinajstić information content (AvgIpc) is 2.71. The van der Waals surface area contributed by atoms with Gasteiger partial charge in [-0.3, -0.25) is 4.79 Å². The van der Waals surface area contributed by atoms with E-state index in [9.17, 15) is 14.7 Å². The molecule has 2 atom stereocenters. The highest BCUT2D eigenvalue weighted by Crippen LogP contribution is 2.35. The lowest BCUT2D eigenvalue weighted by molar-refractivity contribution is -0.144. The topological polar surface area (TPSA) is 76.1 Å². The summed E-state index contributed by atoms with van der Waals surface area (Å²) in [4.78, 5) is 25.9. The van der Waals surface area contributed by atoms with E-state index >= 15 is 0 Å². The fraction of sp³-hybridized carbons (Fsp3) is 0.417. The molecule has 3 rings (SSSR count). The van der Waals surface area contributed by atoms with E-state index in [0.717, 1.165) is 11.1 Å². The molecular formula is C24H29NO5. The zero-order chi connectivity index (χ0) is 21.7. The molecule has 1 heterocycles. The predicted octanol–water partition coefficient (Wildman–Crippen LogP) is 4.69. The van der Waals surface area contributed by atoms with Gasteiger partial charge in [0.1, 0.15) is 18.0 Å². The molecule has 6 nitrogen and oxygen atoms in total. The maximum atomic E-state index is 12.4. The Morgan fingerprint density at radius 1 is 1.10 bits per heavy atom. The summed E-state index contributed by atoms with van der Waals surface area (Å²) in [6.07, 6.45) is 0.0883. The van der Waals surface area contributed by atoms with Gasteiger partial charge in [-0.05, 0) is 50.5 Å². The molecule has 30 heavy (non-hydrogen) atoms. The summed E-state index contributed by atoms with van der Waals surface area (Å²) in [6, 6.07) is 17.5. The van der Waals surface area contributed by atoms with E-state index in [-0.39, 0.29) is 12.5 Å². The molecule has 1 aliphatic rings. The number of nitrogens with zero attached hydrogens (tertiary/aromatic N) is 1. The number of carbonyl (C=O) groups excluding carboxylic acids is 1. The molecule has 6 heteroatoms.